The summed E-state index contributed by atoms with van der Waals surface area (Å²) in [6.07, 6.45) is 0. The Morgan fingerprint density at radius 3 is 1.75 bits per heavy atom. The molecule has 0 rings (SSSR count). The fourth-order valence-electron chi connectivity index (χ4n) is 0.400. The van der Waals surface area contributed by atoms with Crippen molar-refractivity contribution >= 4 is 15.4 Å². The fourth-order valence-corrected chi connectivity index (χ4v) is 1.94. The van der Waals surface area contributed by atoms with Crippen molar-refractivity contribution in [3.8, 4) is 0 Å². The van der Waals surface area contributed by atoms with Gasteiger partial charge in [-0.25, -0.2) is 4.57 Å². The van der Waals surface area contributed by atoms with Crippen LogP contribution in [-0.4, -0.2) is 32.0 Å². The molecule has 0 aromatic rings. The Kier molecular flexibility index (Phi) is 4.02. The van der Waals surface area contributed by atoms with Crippen LogP contribution in [0.2, 0.25) is 0 Å². The van der Waals surface area contributed by atoms with Gasteiger partial charge in [0.15, 0.2) is 5.85 Å². The molecule has 0 aromatic heterocycles. The number of rotatable bonds is 4. The van der Waals surface area contributed by atoms with Gasteiger partial charge in [0.25, 0.3) is 0 Å². The summed E-state index contributed by atoms with van der Waals surface area (Å²) in [6, 6.07) is 0. The number of phosphoric acid groups is 1. The Hall–Kier alpha value is 0.220. The molecular formula is C2H9NO7P2. The Bertz CT molecular complexity index is 228. The molecule has 0 radical (unpaired) electrons. The van der Waals surface area contributed by atoms with E-state index < -0.39 is 27.8 Å². The maximum Gasteiger partial charge on any atom is 0.470 e. The van der Waals surface area contributed by atoms with Gasteiger partial charge in [0.1, 0.15) is 0 Å². The average Bonchev–Trinajstić information content (AvgIpc) is 1.78. The molecule has 0 aliphatic carbocycles. The van der Waals surface area contributed by atoms with Crippen molar-refractivity contribution in [1.82, 2.24) is 0 Å². The van der Waals surface area contributed by atoms with Crippen molar-refractivity contribution in [2.24, 2.45) is 5.73 Å². The summed E-state index contributed by atoms with van der Waals surface area (Å²) in [5, 5.41) is 0. The molecule has 0 heterocycles. The van der Waals surface area contributed by atoms with Crippen LogP contribution in [0.15, 0.2) is 0 Å². The third-order valence-electron chi connectivity index (χ3n) is 0.836. The Labute approximate surface area is 67.7 Å². The van der Waals surface area contributed by atoms with Crippen LogP contribution in [-0.2, 0) is 13.7 Å². The maximum absolute atomic E-state index is 10.4. The summed E-state index contributed by atoms with van der Waals surface area (Å²) >= 11 is 0. The van der Waals surface area contributed by atoms with E-state index in [1.165, 1.54) is 0 Å². The van der Waals surface area contributed by atoms with Crippen LogP contribution in [0.1, 0.15) is 0 Å². The molecule has 8 nitrogen and oxygen atoms in total. The second-order valence-corrected chi connectivity index (χ2v) is 4.82. The molecule has 74 valence electrons. The van der Waals surface area contributed by atoms with E-state index in [1.807, 2.05) is 0 Å². The molecule has 0 aromatic carbocycles. The minimum Gasteiger partial charge on any atom is -0.327 e. The van der Waals surface area contributed by atoms with Gasteiger partial charge in [-0.3, -0.25) is 9.09 Å². The van der Waals surface area contributed by atoms with Crippen molar-refractivity contribution in [3.05, 3.63) is 0 Å². The minimum absolute atomic E-state index is 0.671. The normalized spacial score (nSPS) is 16.1. The molecule has 0 saturated heterocycles. The highest BCUT2D eigenvalue weighted by Crippen LogP contribution is 2.49. The van der Waals surface area contributed by atoms with E-state index in [0.717, 1.165) is 0 Å². The van der Waals surface area contributed by atoms with Crippen LogP contribution in [0.25, 0.3) is 0 Å². The number of nitrogens with two attached hydrogens (primary N) is 1. The zero-order valence-electron chi connectivity index (χ0n) is 5.77. The number of phosphoric ester groups is 1. The van der Waals surface area contributed by atoms with Gasteiger partial charge in [0.05, 0.1) is 0 Å². The van der Waals surface area contributed by atoms with E-state index in [4.69, 9.17) is 25.3 Å². The van der Waals surface area contributed by atoms with Gasteiger partial charge in [0, 0.05) is 6.54 Å². The van der Waals surface area contributed by atoms with E-state index >= 15 is 0 Å². The summed E-state index contributed by atoms with van der Waals surface area (Å²) < 4.78 is 24.2. The van der Waals surface area contributed by atoms with Gasteiger partial charge in [-0.15, -0.1) is 0 Å². The van der Waals surface area contributed by atoms with E-state index in [1.54, 1.807) is 0 Å². The summed E-state index contributed by atoms with van der Waals surface area (Å²) in [7, 11) is -9.62. The second-order valence-electron chi connectivity index (χ2n) is 1.88. The molecule has 6 N–H and O–H groups in total. The second kappa shape index (κ2) is 3.95. The Morgan fingerprint density at radius 1 is 1.25 bits per heavy atom. The number of hydrogen-bond donors (Lipinski definition) is 5. The molecule has 0 aliphatic heterocycles. The zero-order chi connectivity index (χ0) is 9.99. The summed E-state index contributed by atoms with van der Waals surface area (Å²) in [6.45, 7) is -0.671. The van der Waals surface area contributed by atoms with Crippen molar-refractivity contribution in [2.45, 2.75) is 5.85 Å². The maximum atomic E-state index is 10.4. The van der Waals surface area contributed by atoms with Crippen LogP contribution in [0, 0.1) is 0 Å². The molecule has 0 spiro atoms. The zero-order valence-corrected chi connectivity index (χ0v) is 7.56. The summed E-state index contributed by atoms with van der Waals surface area (Å²) in [4.78, 5) is 33.2. The largest absolute Gasteiger partial charge is 0.470 e. The van der Waals surface area contributed by atoms with Crippen molar-refractivity contribution in [3.63, 3.8) is 0 Å². The van der Waals surface area contributed by atoms with Crippen LogP contribution < -0.4 is 5.73 Å². The molecule has 0 amide bonds. The van der Waals surface area contributed by atoms with Gasteiger partial charge in [0.2, 0.25) is 0 Å². The quantitative estimate of drug-likeness (QED) is 0.362. The molecule has 10 heteroatoms. The first kappa shape index (κ1) is 12.2. The average molecular weight is 221 g/mol. The Balaban J connectivity index is 4.41. The number of hydrogen-bond acceptors (Lipinski definition) is 4. The van der Waals surface area contributed by atoms with Gasteiger partial charge in [-0.05, 0) is 0 Å². The molecule has 12 heavy (non-hydrogen) atoms. The lowest BCUT2D eigenvalue weighted by atomic mass is 10.7. The lowest BCUT2D eigenvalue weighted by Crippen LogP contribution is -2.22. The van der Waals surface area contributed by atoms with Crippen LogP contribution in [0.4, 0.5) is 0 Å². The third-order valence-corrected chi connectivity index (χ3v) is 2.60. The first-order valence-corrected chi connectivity index (χ1v) is 5.87. The van der Waals surface area contributed by atoms with Gasteiger partial charge >= 0.3 is 15.4 Å². The smallest absolute Gasteiger partial charge is 0.327 e. The molecule has 1 atom stereocenters. The van der Waals surface area contributed by atoms with Gasteiger partial charge in [-0.1, -0.05) is 0 Å². The van der Waals surface area contributed by atoms with E-state index in [9.17, 15) is 9.13 Å². The lowest BCUT2D eigenvalue weighted by Gasteiger charge is -2.16. The van der Waals surface area contributed by atoms with Crippen LogP contribution in [0.3, 0.4) is 0 Å². The molecule has 1 unspecified atom stereocenters. The molecule has 0 aliphatic rings. The van der Waals surface area contributed by atoms with E-state index in [2.05, 4.69) is 4.52 Å². The summed E-state index contributed by atoms with van der Waals surface area (Å²) in [5.74, 6) is -1.96. The van der Waals surface area contributed by atoms with Gasteiger partial charge in [-0.2, -0.15) is 0 Å². The fraction of sp³-hybridized carbons (Fsp3) is 1.00. The van der Waals surface area contributed by atoms with Crippen molar-refractivity contribution in [2.75, 3.05) is 6.54 Å². The highest BCUT2D eigenvalue weighted by molar-refractivity contribution is 7.53. The van der Waals surface area contributed by atoms with E-state index in [-0.39, 0.29) is 0 Å². The first-order valence-electron chi connectivity index (χ1n) is 2.66. The lowest BCUT2D eigenvalue weighted by molar-refractivity contribution is 0.158. The highest BCUT2D eigenvalue weighted by Gasteiger charge is 2.34. The Morgan fingerprint density at radius 2 is 1.67 bits per heavy atom. The standard InChI is InChI=1S/C2H9NO7P2/c3-1-2(11(4,5)6)10-12(7,8)9/h2H,1,3H2,(H2,4,5,6)(H2,7,8,9). The van der Waals surface area contributed by atoms with E-state index in [0.29, 0.717) is 0 Å². The molecule has 0 bridgehead atoms. The molecule has 0 saturated carbocycles. The highest BCUT2D eigenvalue weighted by atomic mass is 31.2. The van der Waals surface area contributed by atoms with Gasteiger partial charge < -0.3 is 25.3 Å². The van der Waals surface area contributed by atoms with Crippen molar-refractivity contribution < 1.29 is 33.2 Å². The summed E-state index contributed by atoms with van der Waals surface area (Å²) in [5.41, 5.74) is 4.81. The topological polar surface area (TPSA) is 150 Å². The first-order chi connectivity index (χ1) is 5.17. The molecule has 0 fully saturated rings. The SMILES string of the molecule is NCC(OP(=O)(O)O)P(=O)(O)O. The van der Waals surface area contributed by atoms with Crippen molar-refractivity contribution in [1.29, 1.82) is 0 Å². The van der Waals surface area contributed by atoms with Crippen LogP contribution in [0.5, 0.6) is 0 Å². The van der Waals surface area contributed by atoms with Crippen LogP contribution >= 0.6 is 15.4 Å². The third kappa shape index (κ3) is 4.97. The molecular weight excluding hydrogens is 212 g/mol. The minimum atomic E-state index is -4.91. The monoisotopic (exact) mass is 221 g/mol. The predicted octanol–water partition coefficient (Wildman–Crippen LogP) is -1.44. The predicted molar refractivity (Wildman–Crippen MR) is 38.0 cm³/mol.